The average molecular weight is 353 g/mol. The second kappa shape index (κ2) is 7.87. The van der Waals surface area contributed by atoms with Gasteiger partial charge < -0.3 is 14.5 Å². The van der Waals surface area contributed by atoms with Gasteiger partial charge in [-0.1, -0.05) is 29.8 Å². The Balaban J connectivity index is 1.57. The lowest BCUT2D eigenvalue weighted by atomic mass is 10.1. The molecule has 5 heteroatoms. The van der Waals surface area contributed by atoms with Gasteiger partial charge in [0.25, 0.3) is 5.91 Å². The fourth-order valence-corrected chi connectivity index (χ4v) is 2.47. The molecule has 3 rings (SSSR count). The Morgan fingerprint density at radius 3 is 2.46 bits per heavy atom. The minimum atomic E-state index is -0.322. The molecule has 134 valence electrons. The predicted octanol–water partition coefficient (Wildman–Crippen LogP) is 4.80. The van der Waals surface area contributed by atoms with Crippen molar-refractivity contribution >= 4 is 5.91 Å². The smallest absolute Gasteiger partial charge is 0.287 e. The summed E-state index contributed by atoms with van der Waals surface area (Å²) in [6.45, 7) is 4.10. The molecule has 4 nitrogen and oxygen atoms in total. The second-order valence-corrected chi connectivity index (χ2v) is 6.11. The zero-order valence-electron chi connectivity index (χ0n) is 14.7. The highest BCUT2D eigenvalue weighted by atomic mass is 19.1. The van der Waals surface area contributed by atoms with Crippen LogP contribution in [0.4, 0.5) is 4.39 Å². The van der Waals surface area contributed by atoms with E-state index < -0.39 is 0 Å². The number of ether oxygens (including phenoxy) is 1. The number of furan rings is 1. The summed E-state index contributed by atoms with van der Waals surface area (Å²) in [6.07, 6.45) is 0. The van der Waals surface area contributed by atoms with Gasteiger partial charge in [0.05, 0.1) is 6.04 Å². The number of benzene rings is 2. The minimum Gasteiger partial charge on any atom is -0.486 e. The highest BCUT2D eigenvalue weighted by Gasteiger charge is 2.15. The SMILES string of the molecule is Cc1ccc([C@@H](C)NC(=O)c2ccc(COc3ccc(F)cc3)o2)cc1. The van der Waals surface area contributed by atoms with Gasteiger partial charge in [-0.15, -0.1) is 0 Å². The lowest BCUT2D eigenvalue weighted by Gasteiger charge is -2.13. The van der Waals surface area contributed by atoms with E-state index in [0.717, 1.165) is 5.56 Å². The maximum absolute atomic E-state index is 12.9. The van der Waals surface area contributed by atoms with E-state index in [1.54, 1.807) is 12.1 Å². The molecule has 0 saturated carbocycles. The fraction of sp³-hybridized carbons (Fsp3) is 0.190. The third kappa shape index (κ3) is 4.51. The zero-order valence-corrected chi connectivity index (χ0v) is 14.7. The van der Waals surface area contributed by atoms with E-state index >= 15 is 0 Å². The molecule has 1 atom stereocenters. The summed E-state index contributed by atoms with van der Waals surface area (Å²) >= 11 is 0. The third-order valence-electron chi connectivity index (χ3n) is 4.01. The number of aryl methyl sites for hydroxylation is 1. The van der Waals surface area contributed by atoms with Crippen molar-refractivity contribution in [1.29, 1.82) is 0 Å². The van der Waals surface area contributed by atoms with E-state index in [1.807, 2.05) is 38.1 Å². The van der Waals surface area contributed by atoms with E-state index in [9.17, 15) is 9.18 Å². The van der Waals surface area contributed by atoms with Crippen LogP contribution in [0, 0.1) is 12.7 Å². The van der Waals surface area contributed by atoms with Crippen molar-refractivity contribution in [1.82, 2.24) is 5.32 Å². The number of hydrogen-bond acceptors (Lipinski definition) is 3. The van der Waals surface area contributed by atoms with Crippen LogP contribution < -0.4 is 10.1 Å². The standard InChI is InChI=1S/C21H20FNO3/c1-14-3-5-16(6-4-14)15(2)23-21(24)20-12-11-19(26-20)13-25-18-9-7-17(22)8-10-18/h3-12,15H,13H2,1-2H3,(H,23,24)/t15-/m1/s1. The first-order valence-corrected chi connectivity index (χ1v) is 8.36. The molecule has 0 aliphatic carbocycles. The quantitative estimate of drug-likeness (QED) is 0.693. The molecule has 1 N–H and O–H groups in total. The number of hydrogen-bond donors (Lipinski definition) is 1. The number of carbonyl (C=O) groups is 1. The van der Waals surface area contributed by atoms with Gasteiger partial charge in [0.1, 0.15) is 23.9 Å². The second-order valence-electron chi connectivity index (χ2n) is 6.11. The Kier molecular flexibility index (Phi) is 5.37. The maximum Gasteiger partial charge on any atom is 0.287 e. The van der Waals surface area contributed by atoms with E-state index in [-0.39, 0.29) is 30.1 Å². The van der Waals surface area contributed by atoms with Gasteiger partial charge in [0.2, 0.25) is 0 Å². The molecule has 1 amide bonds. The Hall–Kier alpha value is -3.08. The maximum atomic E-state index is 12.9. The molecule has 0 spiro atoms. The van der Waals surface area contributed by atoms with Crippen molar-refractivity contribution in [2.24, 2.45) is 0 Å². The largest absolute Gasteiger partial charge is 0.486 e. The Labute approximate surface area is 151 Å². The van der Waals surface area contributed by atoms with Crippen molar-refractivity contribution in [3.8, 4) is 5.75 Å². The molecule has 0 bridgehead atoms. The lowest BCUT2D eigenvalue weighted by molar-refractivity contribution is 0.0907. The van der Waals surface area contributed by atoms with Gasteiger partial charge in [-0.2, -0.15) is 0 Å². The summed E-state index contributed by atoms with van der Waals surface area (Å²) in [7, 11) is 0. The molecule has 26 heavy (non-hydrogen) atoms. The van der Waals surface area contributed by atoms with E-state index in [4.69, 9.17) is 9.15 Å². The molecule has 0 radical (unpaired) electrons. The van der Waals surface area contributed by atoms with Crippen LogP contribution in [0.25, 0.3) is 0 Å². The lowest BCUT2D eigenvalue weighted by Crippen LogP contribution is -2.26. The third-order valence-corrected chi connectivity index (χ3v) is 4.01. The van der Waals surface area contributed by atoms with E-state index in [0.29, 0.717) is 11.5 Å². The summed E-state index contributed by atoms with van der Waals surface area (Å²) in [5.74, 6) is 0.661. The van der Waals surface area contributed by atoms with Crippen molar-refractivity contribution in [2.75, 3.05) is 0 Å². The first kappa shape index (κ1) is 17.7. The molecule has 2 aromatic carbocycles. The van der Waals surface area contributed by atoms with Crippen LogP contribution in [0.5, 0.6) is 5.75 Å². The van der Waals surface area contributed by atoms with Gasteiger partial charge >= 0.3 is 0 Å². The van der Waals surface area contributed by atoms with Crippen LogP contribution in [-0.2, 0) is 6.61 Å². The number of carbonyl (C=O) groups excluding carboxylic acids is 1. The van der Waals surface area contributed by atoms with E-state index in [1.165, 1.54) is 29.8 Å². The number of amides is 1. The molecule has 0 aliphatic rings. The Morgan fingerprint density at radius 1 is 1.08 bits per heavy atom. The van der Waals surface area contributed by atoms with Gasteiger partial charge in [-0.3, -0.25) is 4.79 Å². The molecular formula is C21H20FNO3. The van der Waals surface area contributed by atoms with Crippen LogP contribution in [0.3, 0.4) is 0 Å². The molecule has 1 aromatic heterocycles. The first-order valence-electron chi connectivity index (χ1n) is 8.36. The molecule has 1 heterocycles. The van der Waals surface area contributed by atoms with Crippen molar-refractivity contribution in [3.63, 3.8) is 0 Å². The fourth-order valence-electron chi connectivity index (χ4n) is 2.47. The van der Waals surface area contributed by atoms with Crippen LogP contribution in [0.15, 0.2) is 65.1 Å². The minimum absolute atomic E-state index is 0.132. The summed E-state index contributed by atoms with van der Waals surface area (Å²) in [5.41, 5.74) is 2.19. The molecule has 3 aromatic rings. The summed E-state index contributed by atoms with van der Waals surface area (Å²) in [5, 5.41) is 2.91. The Bertz CT molecular complexity index is 869. The number of halogens is 1. The number of nitrogens with one attached hydrogen (secondary N) is 1. The van der Waals surface area contributed by atoms with Crippen LogP contribution in [0.2, 0.25) is 0 Å². The van der Waals surface area contributed by atoms with Gasteiger partial charge in [0.15, 0.2) is 5.76 Å². The van der Waals surface area contributed by atoms with Crippen molar-refractivity contribution < 1.29 is 18.3 Å². The average Bonchev–Trinajstić information content (AvgIpc) is 3.11. The van der Waals surface area contributed by atoms with Crippen molar-refractivity contribution in [3.05, 3.63) is 89.1 Å². The highest BCUT2D eigenvalue weighted by molar-refractivity contribution is 5.91. The van der Waals surface area contributed by atoms with Gasteiger partial charge in [-0.05, 0) is 55.8 Å². The van der Waals surface area contributed by atoms with Crippen molar-refractivity contribution in [2.45, 2.75) is 26.5 Å². The van der Waals surface area contributed by atoms with Gasteiger partial charge in [0, 0.05) is 0 Å². The van der Waals surface area contributed by atoms with Gasteiger partial charge in [-0.25, -0.2) is 4.39 Å². The van der Waals surface area contributed by atoms with Crippen LogP contribution >= 0.6 is 0 Å². The highest BCUT2D eigenvalue weighted by Crippen LogP contribution is 2.17. The monoisotopic (exact) mass is 353 g/mol. The molecule has 0 aliphatic heterocycles. The first-order chi connectivity index (χ1) is 12.5. The zero-order chi connectivity index (χ0) is 18.5. The van der Waals surface area contributed by atoms with E-state index in [2.05, 4.69) is 5.32 Å². The number of rotatable bonds is 6. The molecule has 0 saturated heterocycles. The molecular weight excluding hydrogens is 333 g/mol. The predicted molar refractivity (Wildman–Crippen MR) is 96.5 cm³/mol. The summed E-state index contributed by atoms with van der Waals surface area (Å²) in [6, 6.07) is 16.9. The summed E-state index contributed by atoms with van der Waals surface area (Å²) in [4.78, 5) is 12.3. The molecule has 0 fully saturated rings. The Morgan fingerprint density at radius 2 is 1.77 bits per heavy atom. The summed E-state index contributed by atoms with van der Waals surface area (Å²) < 4.78 is 23.9. The molecule has 0 unspecified atom stereocenters. The van der Waals surface area contributed by atoms with Crippen LogP contribution in [0.1, 0.15) is 40.4 Å². The normalized spacial score (nSPS) is 11.8. The topological polar surface area (TPSA) is 51.5 Å². The van der Waals surface area contributed by atoms with Crippen LogP contribution in [-0.4, -0.2) is 5.91 Å².